The molecule has 8 heteroatoms. The van der Waals surface area contributed by atoms with Crippen molar-refractivity contribution in [2.24, 2.45) is 5.73 Å². The summed E-state index contributed by atoms with van der Waals surface area (Å²) in [5.74, 6) is 0.563. The third-order valence-corrected chi connectivity index (χ3v) is 3.29. The third kappa shape index (κ3) is 3.31. The second-order valence-electron chi connectivity index (χ2n) is 3.22. The van der Waals surface area contributed by atoms with Crippen molar-refractivity contribution >= 4 is 15.9 Å². The van der Waals surface area contributed by atoms with Gasteiger partial charge in [0.15, 0.2) is 5.03 Å². The fourth-order valence-electron chi connectivity index (χ4n) is 1.06. The van der Waals surface area contributed by atoms with E-state index in [0.717, 1.165) is 0 Å². The lowest BCUT2D eigenvalue weighted by molar-refractivity contribution is 0.579. The molecule has 0 atom stereocenters. The van der Waals surface area contributed by atoms with Crippen LogP contribution >= 0.6 is 0 Å². The molecule has 0 amide bonds. The Morgan fingerprint density at radius 3 is 2.88 bits per heavy atom. The Morgan fingerprint density at radius 2 is 2.38 bits per heavy atom. The number of sulfonamides is 1. The molecule has 0 spiro atoms. The molecule has 16 heavy (non-hydrogen) atoms. The molecule has 0 saturated heterocycles. The van der Waals surface area contributed by atoms with Gasteiger partial charge in [-0.1, -0.05) is 6.92 Å². The first-order valence-corrected chi connectivity index (χ1v) is 6.30. The summed E-state index contributed by atoms with van der Waals surface area (Å²) >= 11 is 0. The van der Waals surface area contributed by atoms with E-state index in [-0.39, 0.29) is 23.8 Å². The zero-order chi connectivity index (χ0) is 12.2. The molecule has 0 fully saturated rings. The molecular weight excluding hydrogens is 230 g/mol. The number of aryl methyl sites for hydroxylation is 1. The largest absolute Gasteiger partial charge is 0.388 e. The van der Waals surface area contributed by atoms with Crippen molar-refractivity contribution in [3.05, 3.63) is 12.0 Å². The van der Waals surface area contributed by atoms with Crippen LogP contribution in [0.15, 0.2) is 11.2 Å². The van der Waals surface area contributed by atoms with E-state index < -0.39 is 10.0 Å². The van der Waals surface area contributed by atoms with Gasteiger partial charge in [0.05, 0.1) is 12.0 Å². The van der Waals surface area contributed by atoms with Crippen molar-refractivity contribution < 1.29 is 8.42 Å². The van der Waals surface area contributed by atoms with E-state index in [9.17, 15) is 8.42 Å². The normalized spacial score (nSPS) is 11.6. The van der Waals surface area contributed by atoms with Gasteiger partial charge in [-0.15, -0.1) is 0 Å². The van der Waals surface area contributed by atoms with Gasteiger partial charge in [0.25, 0.3) is 10.0 Å². The summed E-state index contributed by atoms with van der Waals surface area (Å²) in [6.45, 7) is 1.98. The van der Waals surface area contributed by atoms with Crippen LogP contribution in [-0.4, -0.2) is 30.8 Å². The van der Waals surface area contributed by atoms with Gasteiger partial charge < -0.3 is 10.7 Å². The Labute approximate surface area is 94.0 Å². The summed E-state index contributed by atoms with van der Waals surface area (Å²) in [5, 5.41) is 7.00. The van der Waals surface area contributed by atoms with E-state index in [4.69, 9.17) is 11.1 Å². The number of rotatable bonds is 6. The van der Waals surface area contributed by atoms with Gasteiger partial charge in [-0.2, -0.15) is 0 Å². The van der Waals surface area contributed by atoms with Crippen LogP contribution in [-0.2, 0) is 16.4 Å². The van der Waals surface area contributed by atoms with E-state index in [1.54, 1.807) is 0 Å². The monoisotopic (exact) mass is 245 g/mol. The maximum atomic E-state index is 11.6. The molecule has 0 aliphatic heterocycles. The molecule has 5 N–H and O–H groups in total. The molecule has 1 aromatic rings. The van der Waals surface area contributed by atoms with Crippen LogP contribution in [0.4, 0.5) is 0 Å². The zero-order valence-electron chi connectivity index (χ0n) is 8.95. The summed E-state index contributed by atoms with van der Waals surface area (Å²) in [6, 6.07) is 0. The van der Waals surface area contributed by atoms with Crippen molar-refractivity contribution in [2.75, 3.05) is 6.54 Å². The lowest BCUT2D eigenvalue weighted by Crippen LogP contribution is -2.28. The topological polar surface area (TPSA) is 125 Å². The fourth-order valence-corrected chi connectivity index (χ4v) is 2.03. The molecule has 90 valence electrons. The number of aromatic amines is 1. The van der Waals surface area contributed by atoms with Crippen LogP contribution in [0.1, 0.15) is 19.2 Å². The second-order valence-corrected chi connectivity index (χ2v) is 4.96. The summed E-state index contributed by atoms with van der Waals surface area (Å²) in [5.41, 5.74) is 5.11. The molecular formula is C8H15N5O2S. The van der Waals surface area contributed by atoms with Crippen LogP contribution in [0.5, 0.6) is 0 Å². The number of aromatic nitrogens is 2. The highest BCUT2D eigenvalue weighted by atomic mass is 32.2. The first-order chi connectivity index (χ1) is 7.45. The molecule has 7 nitrogen and oxygen atoms in total. The van der Waals surface area contributed by atoms with Crippen LogP contribution < -0.4 is 10.5 Å². The van der Waals surface area contributed by atoms with E-state index in [2.05, 4.69) is 14.7 Å². The Bertz CT molecular complexity index is 465. The number of nitrogens with one attached hydrogen (secondary N) is 3. The minimum Gasteiger partial charge on any atom is -0.388 e. The number of nitrogens with two attached hydrogens (primary N) is 1. The second kappa shape index (κ2) is 5.08. The maximum Gasteiger partial charge on any atom is 0.257 e. The summed E-state index contributed by atoms with van der Waals surface area (Å²) < 4.78 is 25.6. The molecule has 1 aromatic heterocycles. The quantitative estimate of drug-likeness (QED) is 0.401. The SMILES string of the molecule is CCc1ncc(S(=O)(=O)NCCC(=N)N)[nH]1. The average molecular weight is 245 g/mol. The lowest BCUT2D eigenvalue weighted by atomic mass is 10.4. The predicted molar refractivity (Wildman–Crippen MR) is 59.7 cm³/mol. The average Bonchev–Trinajstić information content (AvgIpc) is 2.65. The van der Waals surface area contributed by atoms with Crippen LogP contribution in [0, 0.1) is 5.41 Å². The van der Waals surface area contributed by atoms with Crippen molar-refractivity contribution in [2.45, 2.75) is 24.8 Å². The Hall–Kier alpha value is -1.41. The maximum absolute atomic E-state index is 11.6. The van der Waals surface area contributed by atoms with Gasteiger partial charge in [0.1, 0.15) is 5.82 Å². The van der Waals surface area contributed by atoms with E-state index in [1.165, 1.54) is 6.20 Å². The van der Waals surface area contributed by atoms with Crippen LogP contribution in [0.2, 0.25) is 0 Å². The number of hydrogen-bond acceptors (Lipinski definition) is 4. The molecule has 0 aliphatic carbocycles. The Morgan fingerprint density at radius 1 is 1.69 bits per heavy atom. The van der Waals surface area contributed by atoms with E-state index in [0.29, 0.717) is 12.2 Å². The summed E-state index contributed by atoms with van der Waals surface area (Å²) in [4.78, 5) is 6.60. The third-order valence-electron chi connectivity index (χ3n) is 1.92. The standard InChI is InChI=1S/C8H15N5O2S/c1-2-7-11-5-8(13-7)16(14,15)12-4-3-6(9)10/h5,12H,2-4H2,1H3,(H3,9,10)(H,11,13). The van der Waals surface area contributed by atoms with E-state index >= 15 is 0 Å². The molecule has 0 saturated carbocycles. The lowest BCUT2D eigenvalue weighted by Gasteiger charge is -2.03. The van der Waals surface area contributed by atoms with Gasteiger partial charge in [-0.05, 0) is 0 Å². The van der Waals surface area contributed by atoms with Crippen molar-refractivity contribution in [1.82, 2.24) is 14.7 Å². The highest BCUT2D eigenvalue weighted by molar-refractivity contribution is 7.89. The van der Waals surface area contributed by atoms with Crippen LogP contribution in [0.25, 0.3) is 0 Å². The molecule has 0 bridgehead atoms. The Kier molecular flexibility index (Phi) is 4.02. The van der Waals surface area contributed by atoms with Gasteiger partial charge >= 0.3 is 0 Å². The molecule has 1 heterocycles. The smallest absolute Gasteiger partial charge is 0.257 e. The number of imidazole rings is 1. The van der Waals surface area contributed by atoms with Crippen molar-refractivity contribution in [1.29, 1.82) is 5.41 Å². The van der Waals surface area contributed by atoms with E-state index in [1.807, 2.05) is 6.92 Å². The number of H-pyrrole nitrogens is 1. The summed E-state index contributed by atoms with van der Waals surface area (Å²) in [7, 11) is -3.57. The molecule has 0 radical (unpaired) electrons. The first kappa shape index (κ1) is 12.7. The Balaban J connectivity index is 2.66. The molecule has 0 unspecified atom stereocenters. The predicted octanol–water partition coefficient (Wildman–Crippen LogP) is -0.424. The highest BCUT2D eigenvalue weighted by Crippen LogP contribution is 2.05. The minimum absolute atomic E-state index is 0.0351. The zero-order valence-corrected chi connectivity index (χ0v) is 9.76. The number of nitrogens with zero attached hydrogens (tertiary/aromatic N) is 1. The van der Waals surface area contributed by atoms with Crippen molar-refractivity contribution in [3.8, 4) is 0 Å². The summed E-state index contributed by atoms with van der Waals surface area (Å²) in [6.07, 6.45) is 2.10. The minimum atomic E-state index is -3.57. The van der Waals surface area contributed by atoms with Gasteiger partial charge in [0.2, 0.25) is 0 Å². The highest BCUT2D eigenvalue weighted by Gasteiger charge is 2.15. The first-order valence-electron chi connectivity index (χ1n) is 4.82. The molecule has 0 aromatic carbocycles. The van der Waals surface area contributed by atoms with Gasteiger partial charge in [-0.25, -0.2) is 18.1 Å². The van der Waals surface area contributed by atoms with Crippen LogP contribution in [0.3, 0.4) is 0 Å². The molecule has 0 aliphatic rings. The van der Waals surface area contributed by atoms with Gasteiger partial charge in [0, 0.05) is 19.4 Å². The number of amidine groups is 1. The fraction of sp³-hybridized carbons (Fsp3) is 0.500. The molecule has 1 rings (SSSR count). The van der Waals surface area contributed by atoms with Gasteiger partial charge in [-0.3, -0.25) is 5.41 Å². The number of hydrogen-bond donors (Lipinski definition) is 4. The van der Waals surface area contributed by atoms with Crippen molar-refractivity contribution in [3.63, 3.8) is 0 Å².